The summed E-state index contributed by atoms with van der Waals surface area (Å²) in [5.74, 6) is -0.561. The Balaban J connectivity index is 2.55. The summed E-state index contributed by atoms with van der Waals surface area (Å²) < 4.78 is 13.5. The first-order valence-electron chi connectivity index (χ1n) is 6.58. The van der Waals surface area contributed by atoms with Gasteiger partial charge in [0.15, 0.2) is 0 Å². The van der Waals surface area contributed by atoms with Crippen molar-refractivity contribution in [3.05, 3.63) is 35.6 Å². The zero-order valence-electron chi connectivity index (χ0n) is 11.8. The maximum atomic E-state index is 13.5. The summed E-state index contributed by atoms with van der Waals surface area (Å²) in [6.07, 6.45) is 0.524. The second-order valence-corrected chi connectivity index (χ2v) is 5.09. The summed E-state index contributed by atoms with van der Waals surface area (Å²) in [4.78, 5) is 13.7. The van der Waals surface area contributed by atoms with Crippen molar-refractivity contribution in [2.24, 2.45) is 5.92 Å². The molecule has 4 heteroatoms. The highest BCUT2D eigenvalue weighted by Gasteiger charge is 2.19. The number of carbonyl (C=O) groups excluding carboxylic acids is 1. The maximum absolute atomic E-state index is 13.5. The molecule has 106 valence electrons. The lowest BCUT2D eigenvalue weighted by Gasteiger charge is -2.22. The van der Waals surface area contributed by atoms with Crippen molar-refractivity contribution in [1.29, 1.82) is 0 Å². The molecule has 0 radical (unpaired) electrons. The summed E-state index contributed by atoms with van der Waals surface area (Å²) >= 11 is 0. The number of aliphatic hydroxyl groups is 1. The second kappa shape index (κ2) is 7.24. The van der Waals surface area contributed by atoms with E-state index in [0.717, 1.165) is 0 Å². The molecule has 2 atom stereocenters. The van der Waals surface area contributed by atoms with Crippen molar-refractivity contribution < 1.29 is 14.3 Å². The summed E-state index contributed by atoms with van der Waals surface area (Å²) in [5, 5.41) is 9.21. The number of hydrogen-bond donors (Lipinski definition) is 1. The molecule has 0 saturated heterocycles. The average Bonchev–Trinajstić information content (AvgIpc) is 2.37. The summed E-state index contributed by atoms with van der Waals surface area (Å²) in [6.45, 7) is 4.01. The molecule has 1 aromatic rings. The molecule has 2 unspecified atom stereocenters. The number of amides is 1. The van der Waals surface area contributed by atoms with Crippen molar-refractivity contribution in [1.82, 2.24) is 4.90 Å². The van der Waals surface area contributed by atoms with Crippen molar-refractivity contribution in [2.45, 2.75) is 32.8 Å². The van der Waals surface area contributed by atoms with Gasteiger partial charge in [0, 0.05) is 19.5 Å². The second-order valence-electron chi connectivity index (χ2n) is 5.09. The molecule has 1 N–H and O–H groups in total. The first-order valence-corrected chi connectivity index (χ1v) is 6.58. The topological polar surface area (TPSA) is 40.5 Å². The van der Waals surface area contributed by atoms with Crippen molar-refractivity contribution >= 4 is 5.91 Å². The fraction of sp³-hybridized carbons (Fsp3) is 0.533. The fourth-order valence-corrected chi connectivity index (χ4v) is 1.95. The van der Waals surface area contributed by atoms with Gasteiger partial charge in [0.1, 0.15) is 5.82 Å². The molecule has 1 amide bonds. The largest absolute Gasteiger partial charge is 0.393 e. The highest BCUT2D eigenvalue weighted by Crippen LogP contribution is 2.14. The lowest BCUT2D eigenvalue weighted by atomic mass is 9.99. The molecule has 0 aliphatic carbocycles. The predicted molar refractivity (Wildman–Crippen MR) is 73.2 cm³/mol. The molecule has 1 rings (SSSR count). The normalized spacial score (nSPS) is 13.9. The van der Waals surface area contributed by atoms with Crippen LogP contribution in [0.2, 0.25) is 0 Å². The van der Waals surface area contributed by atoms with E-state index in [1.807, 2.05) is 0 Å². The Hall–Kier alpha value is -1.42. The number of benzene rings is 1. The molecule has 0 bridgehead atoms. The van der Waals surface area contributed by atoms with Gasteiger partial charge in [0.2, 0.25) is 5.91 Å². The van der Waals surface area contributed by atoms with Crippen LogP contribution < -0.4 is 0 Å². The third-order valence-corrected chi connectivity index (χ3v) is 3.16. The van der Waals surface area contributed by atoms with Crippen LogP contribution in [-0.4, -0.2) is 35.6 Å². The van der Waals surface area contributed by atoms with Gasteiger partial charge in [-0.3, -0.25) is 4.79 Å². The first-order chi connectivity index (χ1) is 8.91. The van der Waals surface area contributed by atoms with Gasteiger partial charge in [-0.2, -0.15) is 0 Å². The van der Waals surface area contributed by atoms with Crippen LogP contribution in [0.3, 0.4) is 0 Å². The lowest BCUT2D eigenvalue weighted by molar-refractivity contribution is -0.133. The highest BCUT2D eigenvalue weighted by molar-refractivity contribution is 5.78. The van der Waals surface area contributed by atoms with Gasteiger partial charge in [-0.05, 0) is 31.4 Å². The van der Waals surface area contributed by atoms with E-state index in [1.54, 1.807) is 44.0 Å². The minimum absolute atomic E-state index is 0.0242. The van der Waals surface area contributed by atoms with Crippen LogP contribution in [0.15, 0.2) is 24.3 Å². The van der Waals surface area contributed by atoms with Crippen molar-refractivity contribution in [2.75, 3.05) is 13.6 Å². The Morgan fingerprint density at radius 1 is 1.37 bits per heavy atom. The van der Waals surface area contributed by atoms with E-state index in [0.29, 0.717) is 24.9 Å². The van der Waals surface area contributed by atoms with Gasteiger partial charge in [-0.15, -0.1) is 0 Å². The molecular weight excluding hydrogens is 245 g/mol. The molecule has 0 saturated carbocycles. The van der Waals surface area contributed by atoms with Crippen molar-refractivity contribution in [3.8, 4) is 0 Å². The van der Waals surface area contributed by atoms with E-state index >= 15 is 0 Å². The van der Waals surface area contributed by atoms with Crippen LogP contribution in [-0.2, 0) is 11.2 Å². The van der Waals surface area contributed by atoms with Crippen molar-refractivity contribution in [3.63, 3.8) is 0 Å². The van der Waals surface area contributed by atoms with Crippen LogP contribution in [0.4, 0.5) is 4.39 Å². The number of hydrogen-bond acceptors (Lipinski definition) is 2. The van der Waals surface area contributed by atoms with Crippen LogP contribution in [0.25, 0.3) is 0 Å². The lowest BCUT2D eigenvalue weighted by Crippen LogP contribution is -2.34. The molecule has 0 spiro atoms. The molecule has 0 heterocycles. The van der Waals surface area contributed by atoms with Crippen LogP contribution in [0, 0.1) is 11.7 Å². The standard InChI is InChI=1S/C15H22FNO2/c1-11(10-13-6-4-5-7-14(13)16)15(19)17(3)9-8-12(2)18/h4-7,11-12,18H,8-10H2,1-3H3. The van der Waals surface area contributed by atoms with Crippen LogP contribution in [0.5, 0.6) is 0 Å². The van der Waals surface area contributed by atoms with E-state index < -0.39 is 6.10 Å². The molecule has 3 nitrogen and oxygen atoms in total. The third-order valence-electron chi connectivity index (χ3n) is 3.16. The Morgan fingerprint density at radius 3 is 2.58 bits per heavy atom. The Labute approximate surface area is 114 Å². The number of rotatable bonds is 6. The quantitative estimate of drug-likeness (QED) is 0.858. The minimum atomic E-state index is -0.419. The maximum Gasteiger partial charge on any atom is 0.225 e. The first kappa shape index (κ1) is 15.6. The van der Waals surface area contributed by atoms with E-state index in [4.69, 9.17) is 0 Å². The molecule has 0 fully saturated rings. The van der Waals surface area contributed by atoms with Gasteiger partial charge in [0.25, 0.3) is 0 Å². The average molecular weight is 267 g/mol. The van der Waals surface area contributed by atoms with Gasteiger partial charge in [-0.25, -0.2) is 4.39 Å². The zero-order chi connectivity index (χ0) is 14.4. The third kappa shape index (κ3) is 4.99. The Morgan fingerprint density at radius 2 is 2.00 bits per heavy atom. The smallest absolute Gasteiger partial charge is 0.225 e. The molecule has 0 aromatic heterocycles. The summed E-state index contributed by atoms with van der Waals surface area (Å²) in [7, 11) is 1.71. The number of aliphatic hydroxyl groups excluding tert-OH is 1. The van der Waals surface area contributed by atoms with Gasteiger partial charge < -0.3 is 10.0 Å². The monoisotopic (exact) mass is 267 g/mol. The molecule has 19 heavy (non-hydrogen) atoms. The molecule has 0 aliphatic heterocycles. The van der Waals surface area contributed by atoms with Gasteiger partial charge >= 0.3 is 0 Å². The Kier molecular flexibility index (Phi) is 5.96. The predicted octanol–water partition coefficient (Wildman–Crippen LogP) is 2.23. The minimum Gasteiger partial charge on any atom is -0.393 e. The molecule has 1 aromatic carbocycles. The zero-order valence-corrected chi connectivity index (χ0v) is 11.8. The highest BCUT2D eigenvalue weighted by atomic mass is 19.1. The molecular formula is C15H22FNO2. The van der Waals surface area contributed by atoms with E-state index in [9.17, 15) is 14.3 Å². The summed E-state index contributed by atoms with van der Waals surface area (Å²) in [5.41, 5.74) is 0.562. The number of carbonyl (C=O) groups is 1. The molecule has 0 aliphatic rings. The number of halogens is 1. The van der Waals surface area contributed by atoms with E-state index in [2.05, 4.69) is 0 Å². The van der Waals surface area contributed by atoms with E-state index in [-0.39, 0.29) is 17.6 Å². The summed E-state index contributed by atoms with van der Waals surface area (Å²) in [6, 6.07) is 6.52. The SMILES string of the molecule is CC(O)CCN(C)C(=O)C(C)Cc1ccccc1F. The number of nitrogens with zero attached hydrogens (tertiary/aromatic N) is 1. The van der Waals surface area contributed by atoms with E-state index in [1.165, 1.54) is 6.07 Å². The fourth-order valence-electron chi connectivity index (χ4n) is 1.95. The van der Waals surface area contributed by atoms with Gasteiger partial charge in [-0.1, -0.05) is 25.1 Å². The Bertz CT molecular complexity index is 420. The van der Waals surface area contributed by atoms with Crippen LogP contribution in [0.1, 0.15) is 25.8 Å². The van der Waals surface area contributed by atoms with Gasteiger partial charge in [0.05, 0.1) is 6.10 Å². The van der Waals surface area contributed by atoms with Crippen LogP contribution >= 0.6 is 0 Å².